The van der Waals surface area contributed by atoms with Crippen LogP contribution < -0.4 is 11.1 Å². The number of amides is 1. The zero-order valence-corrected chi connectivity index (χ0v) is 13.2. The number of halogens is 1. The van der Waals surface area contributed by atoms with E-state index in [-0.39, 0.29) is 36.5 Å². The fraction of sp³-hybridized carbons (Fsp3) is 0.917. The third-order valence-electron chi connectivity index (χ3n) is 4.10. The molecule has 0 aromatic heterocycles. The van der Waals surface area contributed by atoms with Gasteiger partial charge in [-0.15, -0.1) is 12.4 Å². The predicted octanol–water partition coefficient (Wildman–Crippen LogP) is 0.0774. The molecule has 1 aliphatic carbocycles. The van der Waals surface area contributed by atoms with Crippen LogP contribution in [0.2, 0.25) is 0 Å². The van der Waals surface area contributed by atoms with Crippen molar-refractivity contribution in [3.05, 3.63) is 0 Å². The van der Waals surface area contributed by atoms with Crippen LogP contribution in [0.3, 0.4) is 0 Å². The van der Waals surface area contributed by atoms with Crippen LogP contribution in [0, 0.1) is 5.92 Å². The zero-order valence-electron chi connectivity index (χ0n) is 11.6. The first-order valence-electron chi connectivity index (χ1n) is 7.00. The van der Waals surface area contributed by atoms with Crippen LogP contribution in [0.15, 0.2) is 0 Å². The number of nitrogens with zero attached hydrogens (tertiary/aromatic N) is 1. The Morgan fingerprint density at radius 2 is 2.05 bits per heavy atom. The van der Waals surface area contributed by atoms with Gasteiger partial charge < -0.3 is 11.1 Å². The minimum Gasteiger partial charge on any atom is -0.353 e. The normalized spacial score (nSPS) is 29.1. The summed E-state index contributed by atoms with van der Waals surface area (Å²) in [7, 11) is -3.09. The fourth-order valence-electron chi connectivity index (χ4n) is 2.96. The molecule has 0 aromatic rings. The van der Waals surface area contributed by atoms with E-state index in [0.717, 1.165) is 19.3 Å². The summed E-state index contributed by atoms with van der Waals surface area (Å²) in [5.74, 6) is 0.527. The Hall–Kier alpha value is -0.370. The van der Waals surface area contributed by atoms with Gasteiger partial charge in [-0.2, -0.15) is 0 Å². The molecule has 1 aliphatic heterocycles. The summed E-state index contributed by atoms with van der Waals surface area (Å²) in [5, 5.41) is 2.99. The maximum Gasteiger partial charge on any atom is 0.221 e. The Morgan fingerprint density at radius 3 is 2.65 bits per heavy atom. The first-order chi connectivity index (χ1) is 9.03. The van der Waals surface area contributed by atoms with E-state index in [1.54, 1.807) is 0 Å². The van der Waals surface area contributed by atoms with Gasteiger partial charge in [0.1, 0.15) is 0 Å². The molecule has 2 unspecified atom stereocenters. The number of carbonyl (C=O) groups is 1. The highest BCUT2D eigenvalue weighted by atomic mass is 35.5. The van der Waals surface area contributed by atoms with Crippen LogP contribution in [0.25, 0.3) is 0 Å². The first kappa shape index (κ1) is 17.7. The molecule has 0 radical (unpaired) electrons. The Morgan fingerprint density at radius 1 is 1.30 bits per heavy atom. The van der Waals surface area contributed by atoms with Gasteiger partial charge in [-0.05, 0) is 31.7 Å². The van der Waals surface area contributed by atoms with Crippen molar-refractivity contribution in [2.45, 2.75) is 38.1 Å². The average molecular weight is 326 g/mol. The summed E-state index contributed by atoms with van der Waals surface area (Å²) in [6.45, 7) is 1.45. The number of carbonyl (C=O) groups excluding carboxylic acids is 1. The topological polar surface area (TPSA) is 92.5 Å². The van der Waals surface area contributed by atoms with Gasteiger partial charge >= 0.3 is 0 Å². The smallest absolute Gasteiger partial charge is 0.221 e. The van der Waals surface area contributed by atoms with Gasteiger partial charge in [0.2, 0.25) is 15.9 Å². The first-order valence-corrected chi connectivity index (χ1v) is 8.61. The van der Waals surface area contributed by atoms with Gasteiger partial charge in [0.15, 0.2) is 0 Å². The Bertz CT molecular complexity index is 430. The van der Waals surface area contributed by atoms with Crippen LogP contribution in [0.1, 0.15) is 32.1 Å². The van der Waals surface area contributed by atoms with E-state index in [4.69, 9.17) is 5.73 Å². The van der Waals surface area contributed by atoms with Gasteiger partial charge in [-0.1, -0.05) is 6.42 Å². The number of nitrogens with two attached hydrogens (primary N) is 1. The quantitative estimate of drug-likeness (QED) is 0.748. The number of hydrogen-bond acceptors (Lipinski definition) is 4. The second kappa shape index (κ2) is 7.59. The number of rotatable bonds is 5. The maximum absolute atomic E-state index is 11.9. The molecule has 20 heavy (non-hydrogen) atoms. The van der Waals surface area contributed by atoms with E-state index in [9.17, 15) is 13.2 Å². The van der Waals surface area contributed by atoms with Crippen molar-refractivity contribution in [3.63, 3.8) is 0 Å². The maximum atomic E-state index is 11.9. The van der Waals surface area contributed by atoms with Crippen LogP contribution in [0.4, 0.5) is 0 Å². The molecular formula is C12H24ClN3O3S. The van der Waals surface area contributed by atoms with Crippen molar-refractivity contribution in [2.24, 2.45) is 11.7 Å². The van der Waals surface area contributed by atoms with Crippen LogP contribution >= 0.6 is 12.4 Å². The Kier molecular flexibility index (Phi) is 6.71. The van der Waals surface area contributed by atoms with Crippen molar-refractivity contribution in [3.8, 4) is 0 Å². The lowest BCUT2D eigenvalue weighted by Crippen LogP contribution is -2.41. The molecule has 8 heteroatoms. The minimum atomic E-state index is -3.09. The summed E-state index contributed by atoms with van der Waals surface area (Å²) in [4.78, 5) is 11.9. The number of sulfonamides is 1. The highest BCUT2D eigenvalue weighted by Gasteiger charge is 2.30. The SMILES string of the molecule is Cl.NCC1CCCC1NC(=O)CCN1CCCS1(=O)=O. The third-order valence-corrected chi connectivity index (χ3v) is 6.06. The number of nitrogens with one attached hydrogen (secondary N) is 1. The highest BCUT2D eigenvalue weighted by Crippen LogP contribution is 2.24. The standard InChI is InChI=1S/C12H23N3O3S.ClH/c13-9-10-3-1-4-11(10)14-12(16)5-7-15-6-2-8-19(15,17)18;/h10-11H,1-9,13H2,(H,14,16);1H. The molecule has 2 fully saturated rings. The Labute approximate surface area is 126 Å². The zero-order chi connectivity index (χ0) is 13.9. The largest absolute Gasteiger partial charge is 0.353 e. The lowest BCUT2D eigenvalue weighted by molar-refractivity contribution is -0.122. The number of hydrogen-bond donors (Lipinski definition) is 2. The third kappa shape index (κ3) is 4.31. The molecule has 0 aromatic carbocycles. The van der Waals surface area contributed by atoms with E-state index in [2.05, 4.69) is 5.32 Å². The van der Waals surface area contributed by atoms with Crippen molar-refractivity contribution in [2.75, 3.05) is 25.4 Å². The summed E-state index contributed by atoms with van der Waals surface area (Å²) < 4.78 is 24.6. The predicted molar refractivity (Wildman–Crippen MR) is 80.2 cm³/mol. The Balaban J connectivity index is 0.00000200. The lowest BCUT2D eigenvalue weighted by Gasteiger charge is -2.20. The summed E-state index contributed by atoms with van der Waals surface area (Å²) in [6.07, 6.45) is 4.07. The van der Waals surface area contributed by atoms with E-state index in [1.807, 2.05) is 0 Å². The van der Waals surface area contributed by atoms with Crippen molar-refractivity contribution >= 4 is 28.3 Å². The molecule has 2 atom stereocenters. The molecule has 118 valence electrons. The van der Waals surface area contributed by atoms with Gasteiger partial charge in [0.25, 0.3) is 0 Å². The van der Waals surface area contributed by atoms with Gasteiger partial charge in [0, 0.05) is 25.6 Å². The molecule has 1 saturated carbocycles. The second-order valence-electron chi connectivity index (χ2n) is 5.42. The van der Waals surface area contributed by atoms with Crippen LogP contribution in [-0.2, 0) is 14.8 Å². The van der Waals surface area contributed by atoms with Crippen LogP contribution in [-0.4, -0.2) is 50.1 Å². The second-order valence-corrected chi connectivity index (χ2v) is 7.51. The molecule has 1 saturated heterocycles. The molecule has 3 N–H and O–H groups in total. The minimum absolute atomic E-state index is 0. The summed E-state index contributed by atoms with van der Waals surface area (Å²) >= 11 is 0. The van der Waals surface area contributed by atoms with Crippen LogP contribution in [0.5, 0.6) is 0 Å². The van der Waals surface area contributed by atoms with Crippen molar-refractivity contribution in [1.82, 2.24) is 9.62 Å². The lowest BCUT2D eigenvalue weighted by atomic mass is 10.0. The van der Waals surface area contributed by atoms with Gasteiger partial charge in [0.05, 0.1) is 5.75 Å². The monoisotopic (exact) mass is 325 g/mol. The molecule has 1 amide bonds. The highest BCUT2D eigenvalue weighted by molar-refractivity contribution is 7.89. The molecular weight excluding hydrogens is 302 g/mol. The fourth-order valence-corrected chi connectivity index (χ4v) is 4.49. The van der Waals surface area contributed by atoms with E-state index in [0.29, 0.717) is 32.0 Å². The van der Waals surface area contributed by atoms with E-state index in [1.165, 1.54) is 4.31 Å². The van der Waals surface area contributed by atoms with Gasteiger partial charge in [-0.3, -0.25) is 4.79 Å². The molecule has 6 nitrogen and oxygen atoms in total. The molecule has 0 bridgehead atoms. The summed E-state index contributed by atoms with van der Waals surface area (Å²) in [5.41, 5.74) is 5.67. The van der Waals surface area contributed by atoms with Gasteiger partial charge in [-0.25, -0.2) is 12.7 Å². The van der Waals surface area contributed by atoms with E-state index >= 15 is 0 Å². The molecule has 2 rings (SSSR count). The summed E-state index contributed by atoms with van der Waals surface area (Å²) in [6, 6.07) is 0.174. The van der Waals surface area contributed by atoms with Crippen molar-refractivity contribution < 1.29 is 13.2 Å². The average Bonchev–Trinajstić information content (AvgIpc) is 2.92. The molecule has 2 aliphatic rings. The van der Waals surface area contributed by atoms with Crippen molar-refractivity contribution in [1.29, 1.82) is 0 Å². The molecule has 0 spiro atoms. The molecule has 1 heterocycles. The van der Waals surface area contributed by atoms with E-state index < -0.39 is 10.0 Å².